The first-order valence-electron chi connectivity index (χ1n) is 3.05. The average molecular weight is 173 g/mol. The molecule has 5 nitrogen and oxygen atoms in total. The lowest BCUT2D eigenvalue weighted by Crippen LogP contribution is -2.03. The Hall–Kier alpha value is -1.17. The SMILES string of the molecule is CCNc1snnc1C(=O)O. The molecule has 1 aromatic heterocycles. The van der Waals surface area contributed by atoms with Crippen LogP contribution in [0.15, 0.2) is 0 Å². The van der Waals surface area contributed by atoms with Crippen LogP contribution in [0.5, 0.6) is 0 Å². The minimum absolute atomic E-state index is 0.00292. The lowest BCUT2D eigenvalue weighted by Gasteiger charge is -1.95. The Balaban J connectivity index is 2.87. The Kier molecular flexibility index (Phi) is 2.37. The van der Waals surface area contributed by atoms with Crippen LogP contribution in [0.4, 0.5) is 5.00 Å². The Bertz CT molecular complexity index is 260. The van der Waals surface area contributed by atoms with Crippen molar-refractivity contribution in [3.8, 4) is 0 Å². The maximum atomic E-state index is 10.4. The molecule has 2 N–H and O–H groups in total. The first kappa shape index (κ1) is 7.93. The second kappa shape index (κ2) is 3.29. The minimum atomic E-state index is -1.05. The summed E-state index contributed by atoms with van der Waals surface area (Å²) in [6.45, 7) is 2.55. The Morgan fingerprint density at radius 3 is 3.09 bits per heavy atom. The van der Waals surface area contributed by atoms with Crippen molar-refractivity contribution in [2.45, 2.75) is 6.92 Å². The van der Waals surface area contributed by atoms with Gasteiger partial charge in [0.25, 0.3) is 0 Å². The number of carboxylic acids is 1. The van der Waals surface area contributed by atoms with Gasteiger partial charge in [0.05, 0.1) is 0 Å². The van der Waals surface area contributed by atoms with E-state index in [9.17, 15) is 4.79 Å². The molecule has 0 bridgehead atoms. The third-order valence-corrected chi connectivity index (χ3v) is 1.71. The summed E-state index contributed by atoms with van der Waals surface area (Å²) in [6.07, 6.45) is 0. The number of carboxylic acid groups (broad SMARTS) is 1. The van der Waals surface area contributed by atoms with Gasteiger partial charge in [-0.25, -0.2) is 4.79 Å². The summed E-state index contributed by atoms with van der Waals surface area (Å²) in [7, 11) is 0. The highest BCUT2D eigenvalue weighted by Crippen LogP contribution is 2.16. The van der Waals surface area contributed by atoms with Gasteiger partial charge in [-0.2, -0.15) is 0 Å². The number of aromatic nitrogens is 2. The molecule has 0 aliphatic rings. The van der Waals surface area contributed by atoms with Crippen LogP contribution >= 0.6 is 11.5 Å². The third-order valence-electron chi connectivity index (χ3n) is 1.03. The summed E-state index contributed by atoms with van der Waals surface area (Å²) >= 11 is 1.05. The first-order chi connectivity index (χ1) is 5.25. The molecule has 1 rings (SSSR count). The summed E-state index contributed by atoms with van der Waals surface area (Å²) in [5.41, 5.74) is -0.00292. The van der Waals surface area contributed by atoms with E-state index in [1.807, 2.05) is 6.92 Å². The molecule has 0 spiro atoms. The van der Waals surface area contributed by atoms with Crippen molar-refractivity contribution >= 4 is 22.5 Å². The van der Waals surface area contributed by atoms with Gasteiger partial charge in [-0.3, -0.25) is 0 Å². The van der Waals surface area contributed by atoms with Crippen molar-refractivity contribution in [2.24, 2.45) is 0 Å². The van der Waals surface area contributed by atoms with Gasteiger partial charge in [-0.15, -0.1) is 5.10 Å². The van der Waals surface area contributed by atoms with E-state index in [-0.39, 0.29) is 5.69 Å². The van der Waals surface area contributed by atoms with Gasteiger partial charge in [0.2, 0.25) is 5.69 Å². The van der Waals surface area contributed by atoms with Crippen molar-refractivity contribution in [3.05, 3.63) is 5.69 Å². The number of nitrogens with zero attached hydrogens (tertiary/aromatic N) is 2. The Morgan fingerprint density at radius 2 is 2.55 bits per heavy atom. The summed E-state index contributed by atoms with van der Waals surface area (Å²) in [5, 5.41) is 15.4. The molecule has 0 aliphatic carbocycles. The van der Waals surface area contributed by atoms with E-state index >= 15 is 0 Å². The number of hydrogen-bond donors (Lipinski definition) is 2. The first-order valence-corrected chi connectivity index (χ1v) is 3.82. The fourth-order valence-corrected chi connectivity index (χ4v) is 1.23. The molecule has 0 saturated heterocycles. The van der Waals surface area contributed by atoms with Gasteiger partial charge in [0.15, 0.2) is 0 Å². The second-order valence-corrected chi connectivity index (χ2v) is 2.54. The molecule has 0 saturated carbocycles. The molecule has 0 unspecified atom stereocenters. The monoisotopic (exact) mass is 173 g/mol. The lowest BCUT2D eigenvalue weighted by molar-refractivity contribution is 0.0691. The van der Waals surface area contributed by atoms with E-state index < -0.39 is 5.97 Å². The van der Waals surface area contributed by atoms with Crippen molar-refractivity contribution in [2.75, 3.05) is 11.9 Å². The Labute approximate surface area is 67.2 Å². The molecule has 1 heterocycles. The smallest absolute Gasteiger partial charge is 0.359 e. The highest BCUT2D eigenvalue weighted by molar-refractivity contribution is 7.10. The van der Waals surface area contributed by atoms with Gasteiger partial charge in [-0.1, -0.05) is 4.49 Å². The molecule has 0 fully saturated rings. The minimum Gasteiger partial charge on any atom is -0.476 e. The van der Waals surface area contributed by atoms with Crippen molar-refractivity contribution in [1.82, 2.24) is 9.59 Å². The fourth-order valence-electron chi connectivity index (χ4n) is 0.607. The van der Waals surface area contributed by atoms with Crippen LogP contribution in [0, 0.1) is 0 Å². The van der Waals surface area contributed by atoms with E-state index in [4.69, 9.17) is 5.11 Å². The molecule has 60 valence electrons. The highest BCUT2D eigenvalue weighted by atomic mass is 32.1. The van der Waals surface area contributed by atoms with Crippen LogP contribution in [0.3, 0.4) is 0 Å². The zero-order valence-electron chi connectivity index (χ0n) is 5.87. The van der Waals surface area contributed by atoms with Crippen LogP contribution < -0.4 is 5.32 Å². The average Bonchev–Trinajstić information content (AvgIpc) is 2.36. The zero-order chi connectivity index (χ0) is 8.27. The van der Waals surface area contributed by atoms with E-state index in [1.165, 1.54) is 0 Å². The van der Waals surface area contributed by atoms with Crippen LogP contribution in [0.2, 0.25) is 0 Å². The quantitative estimate of drug-likeness (QED) is 0.702. The molecular weight excluding hydrogens is 166 g/mol. The van der Waals surface area contributed by atoms with E-state index in [0.29, 0.717) is 11.5 Å². The van der Waals surface area contributed by atoms with Crippen LogP contribution in [0.25, 0.3) is 0 Å². The molecule has 1 aromatic rings. The number of nitrogens with one attached hydrogen (secondary N) is 1. The molecule has 0 aliphatic heterocycles. The van der Waals surface area contributed by atoms with Crippen LogP contribution in [-0.2, 0) is 0 Å². The highest BCUT2D eigenvalue weighted by Gasteiger charge is 2.13. The summed E-state index contributed by atoms with van der Waals surface area (Å²) in [5.74, 6) is -1.05. The van der Waals surface area contributed by atoms with Crippen LogP contribution in [0.1, 0.15) is 17.4 Å². The van der Waals surface area contributed by atoms with Gasteiger partial charge >= 0.3 is 5.97 Å². The summed E-state index contributed by atoms with van der Waals surface area (Å²) in [4.78, 5) is 10.4. The van der Waals surface area contributed by atoms with Gasteiger partial charge < -0.3 is 10.4 Å². The number of rotatable bonds is 3. The summed E-state index contributed by atoms with van der Waals surface area (Å²) in [6, 6.07) is 0. The largest absolute Gasteiger partial charge is 0.476 e. The van der Waals surface area contributed by atoms with Crippen molar-refractivity contribution in [3.63, 3.8) is 0 Å². The predicted octanol–water partition coefficient (Wildman–Crippen LogP) is 0.668. The van der Waals surface area contributed by atoms with Gasteiger partial charge in [0, 0.05) is 18.1 Å². The number of anilines is 1. The standard InChI is InChI=1S/C5H7N3O2S/c1-2-6-4-3(5(9)10)7-8-11-4/h6H,2H2,1H3,(H,9,10). The molecular formula is C5H7N3O2S. The molecule has 0 atom stereocenters. The Morgan fingerprint density at radius 1 is 1.82 bits per heavy atom. The zero-order valence-corrected chi connectivity index (χ0v) is 6.68. The molecule has 0 aromatic carbocycles. The van der Waals surface area contributed by atoms with E-state index in [2.05, 4.69) is 14.9 Å². The van der Waals surface area contributed by atoms with Crippen molar-refractivity contribution in [1.29, 1.82) is 0 Å². The summed E-state index contributed by atoms with van der Waals surface area (Å²) < 4.78 is 3.51. The molecule has 0 amide bonds. The van der Waals surface area contributed by atoms with Gasteiger partial charge in [0.1, 0.15) is 5.00 Å². The predicted molar refractivity (Wildman–Crippen MR) is 41.0 cm³/mol. The molecule has 11 heavy (non-hydrogen) atoms. The number of carbonyl (C=O) groups is 1. The maximum absolute atomic E-state index is 10.4. The second-order valence-electron chi connectivity index (χ2n) is 1.79. The normalized spacial score (nSPS) is 9.55. The third kappa shape index (κ3) is 1.64. The lowest BCUT2D eigenvalue weighted by atomic mass is 10.5. The van der Waals surface area contributed by atoms with Crippen LogP contribution in [-0.4, -0.2) is 27.2 Å². The number of hydrogen-bond acceptors (Lipinski definition) is 5. The van der Waals surface area contributed by atoms with Gasteiger partial charge in [-0.05, 0) is 6.92 Å². The number of aromatic carboxylic acids is 1. The maximum Gasteiger partial charge on any atom is 0.359 e. The van der Waals surface area contributed by atoms with Crippen molar-refractivity contribution < 1.29 is 9.90 Å². The van der Waals surface area contributed by atoms with E-state index in [0.717, 1.165) is 11.5 Å². The molecule has 0 radical (unpaired) electrons. The van der Waals surface area contributed by atoms with E-state index in [1.54, 1.807) is 0 Å². The molecule has 6 heteroatoms. The fraction of sp³-hybridized carbons (Fsp3) is 0.400. The topological polar surface area (TPSA) is 75.1 Å².